The Hall–Kier alpha value is -1.76. The van der Waals surface area contributed by atoms with Crippen LogP contribution in [0.2, 0.25) is 5.02 Å². The Morgan fingerprint density at radius 1 is 1.22 bits per heavy atom. The molecule has 2 aromatic carbocycles. The fourth-order valence-corrected chi connectivity index (χ4v) is 2.65. The first-order chi connectivity index (χ1) is 8.72. The number of benzene rings is 2. The Labute approximate surface area is 114 Å². The third-order valence-corrected chi connectivity index (χ3v) is 3.58. The zero-order chi connectivity index (χ0) is 13.0. The number of halogens is 1. The minimum atomic E-state index is 0.490. The van der Waals surface area contributed by atoms with Crippen LogP contribution in [0.5, 0.6) is 0 Å². The molecule has 0 aromatic heterocycles. The van der Waals surface area contributed by atoms with Gasteiger partial charge < -0.3 is 0 Å². The topological polar surface area (TPSA) is 40.9 Å². The molecule has 0 heterocycles. The molecular weight excluding hydrogens is 266 g/mol. The van der Waals surface area contributed by atoms with Crippen LogP contribution in [0, 0.1) is 11.3 Å². The fourth-order valence-electron chi connectivity index (χ4n) is 1.45. The van der Waals surface area contributed by atoms with E-state index in [0.29, 0.717) is 16.1 Å². The Kier molecular flexibility index (Phi) is 4.03. The maximum Gasteiger partial charge on any atom is 0.150 e. The largest absolute Gasteiger partial charge is 0.298 e. The van der Waals surface area contributed by atoms with E-state index in [9.17, 15) is 4.79 Å². The van der Waals surface area contributed by atoms with Gasteiger partial charge in [0.15, 0.2) is 0 Å². The molecule has 2 aromatic rings. The average Bonchev–Trinajstić information content (AvgIpc) is 2.39. The molecule has 0 unspecified atom stereocenters. The van der Waals surface area contributed by atoms with Crippen LogP contribution in [-0.2, 0) is 0 Å². The lowest BCUT2D eigenvalue weighted by molar-refractivity contribution is 0.112. The van der Waals surface area contributed by atoms with Gasteiger partial charge in [-0.05, 0) is 30.3 Å². The molecule has 0 spiro atoms. The van der Waals surface area contributed by atoms with Crippen molar-refractivity contribution in [3.63, 3.8) is 0 Å². The van der Waals surface area contributed by atoms with Crippen molar-refractivity contribution >= 4 is 29.6 Å². The Morgan fingerprint density at radius 2 is 2.06 bits per heavy atom. The van der Waals surface area contributed by atoms with E-state index in [-0.39, 0.29) is 0 Å². The summed E-state index contributed by atoms with van der Waals surface area (Å²) < 4.78 is 0. The zero-order valence-corrected chi connectivity index (χ0v) is 10.8. The molecule has 0 atom stereocenters. The van der Waals surface area contributed by atoms with Crippen molar-refractivity contribution in [3.8, 4) is 6.07 Å². The summed E-state index contributed by atoms with van der Waals surface area (Å²) in [6, 6.07) is 14.6. The average molecular weight is 274 g/mol. The molecule has 18 heavy (non-hydrogen) atoms. The van der Waals surface area contributed by atoms with Crippen LogP contribution in [0.1, 0.15) is 15.9 Å². The predicted octanol–water partition coefficient (Wildman–Crippen LogP) is 4.18. The molecule has 0 aliphatic heterocycles. The lowest BCUT2D eigenvalue weighted by Crippen LogP contribution is -1.86. The third-order valence-electron chi connectivity index (χ3n) is 2.28. The molecule has 0 saturated heterocycles. The van der Waals surface area contributed by atoms with Gasteiger partial charge in [0.05, 0.1) is 5.56 Å². The summed E-state index contributed by atoms with van der Waals surface area (Å²) in [5.41, 5.74) is 0.992. The lowest BCUT2D eigenvalue weighted by atomic mass is 10.1. The van der Waals surface area contributed by atoms with Crippen LogP contribution in [0.15, 0.2) is 52.3 Å². The molecule has 0 bridgehead atoms. The van der Waals surface area contributed by atoms with Crippen molar-refractivity contribution in [1.29, 1.82) is 5.26 Å². The highest BCUT2D eigenvalue weighted by atomic mass is 35.5. The molecule has 0 fully saturated rings. The van der Waals surface area contributed by atoms with E-state index in [0.717, 1.165) is 16.1 Å². The molecule has 0 saturated carbocycles. The second kappa shape index (κ2) is 5.72. The van der Waals surface area contributed by atoms with Crippen LogP contribution in [0.4, 0.5) is 0 Å². The van der Waals surface area contributed by atoms with Crippen LogP contribution >= 0.6 is 23.4 Å². The molecule has 2 nitrogen and oxygen atoms in total. The Bertz CT molecular complexity index is 634. The number of carbonyl (C=O) groups is 1. The monoisotopic (exact) mass is 273 g/mol. The highest BCUT2D eigenvalue weighted by molar-refractivity contribution is 7.99. The number of carbonyl (C=O) groups excluding carboxylic acids is 1. The molecular formula is C14H8ClNOS. The van der Waals surface area contributed by atoms with Gasteiger partial charge >= 0.3 is 0 Å². The first kappa shape index (κ1) is 12.7. The number of nitrogens with zero attached hydrogens (tertiary/aromatic N) is 1. The smallest absolute Gasteiger partial charge is 0.150 e. The van der Waals surface area contributed by atoms with E-state index in [4.69, 9.17) is 16.9 Å². The van der Waals surface area contributed by atoms with E-state index in [1.165, 1.54) is 11.8 Å². The molecule has 0 aliphatic carbocycles. The maximum atomic E-state index is 10.7. The van der Waals surface area contributed by atoms with Gasteiger partial charge in [-0.25, -0.2) is 0 Å². The molecule has 0 aliphatic rings. The van der Waals surface area contributed by atoms with Crippen molar-refractivity contribution in [1.82, 2.24) is 0 Å². The Balaban J connectivity index is 2.35. The minimum absolute atomic E-state index is 0.490. The van der Waals surface area contributed by atoms with Crippen molar-refractivity contribution in [3.05, 3.63) is 58.6 Å². The summed E-state index contributed by atoms with van der Waals surface area (Å²) in [5, 5.41) is 9.72. The van der Waals surface area contributed by atoms with Gasteiger partial charge in [0, 0.05) is 20.4 Å². The van der Waals surface area contributed by atoms with Crippen molar-refractivity contribution < 1.29 is 4.79 Å². The number of hydrogen-bond acceptors (Lipinski definition) is 3. The van der Waals surface area contributed by atoms with Gasteiger partial charge in [-0.1, -0.05) is 35.5 Å². The molecule has 4 heteroatoms. The van der Waals surface area contributed by atoms with E-state index in [1.54, 1.807) is 24.3 Å². The van der Waals surface area contributed by atoms with Crippen molar-refractivity contribution in [2.75, 3.05) is 0 Å². The van der Waals surface area contributed by atoms with E-state index >= 15 is 0 Å². The van der Waals surface area contributed by atoms with Gasteiger partial charge in [0.25, 0.3) is 0 Å². The van der Waals surface area contributed by atoms with Gasteiger partial charge in [-0.15, -0.1) is 0 Å². The van der Waals surface area contributed by atoms with Gasteiger partial charge in [0.2, 0.25) is 0 Å². The van der Waals surface area contributed by atoms with E-state index in [2.05, 4.69) is 6.07 Å². The van der Waals surface area contributed by atoms with E-state index in [1.807, 2.05) is 18.2 Å². The van der Waals surface area contributed by atoms with Gasteiger partial charge in [-0.2, -0.15) is 5.26 Å². The van der Waals surface area contributed by atoms with Crippen LogP contribution < -0.4 is 0 Å². The summed E-state index contributed by atoms with van der Waals surface area (Å²) in [4.78, 5) is 12.4. The molecule has 0 radical (unpaired) electrons. The SMILES string of the molecule is N#Cc1cc(C=O)ccc1Sc1cccc(Cl)c1. The number of nitriles is 1. The third kappa shape index (κ3) is 2.92. The standard InChI is InChI=1S/C14H8ClNOS/c15-12-2-1-3-13(7-12)18-14-5-4-10(9-17)6-11(14)8-16/h1-7,9H. The fraction of sp³-hybridized carbons (Fsp3) is 0. The molecule has 0 N–H and O–H groups in total. The highest BCUT2D eigenvalue weighted by Crippen LogP contribution is 2.31. The van der Waals surface area contributed by atoms with Gasteiger partial charge in [0.1, 0.15) is 12.4 Å². The predicted molar refractivity (Wildman–Crippen MR) is 72.1 cm³/mol. The van der Waals surface area contributed by atoms with Gasteiger partial charge in [-0.3, -0.25) is 4.79 Å². The second-order valence-corrected chi connectivity index (χ2v) is 5.10. The Morgan fingerprint density at radius 3 is 2.72 bits per heavy atom. The highest BCUT2D eigenvalue weighted by Gasteiger charge is 2.05. The summed E-state index contributed by atoms with van der Waals surface area (Å²) in [7, 11) is 0. The lowest BCUT2D eigenvalue weighted by Gasteiger charge is -2.04. The zero-order valence-electron chi connectivity index (χ0n) is 9.26. The number of rotatable bonds is 3. The maximum absolute atomic E-state index is 10.7. The summed E-state index contributed by atoms with van der Waals surface area (Å²) in [6.07, 6.45) is 0.731. The summed E-state index contributed by atoms with van der Waals surface area (Å²) in [5.74, 6) is 0. The van der Waals surface area contributed by atoms with Crippen molar-refractivity contribution in [2.24, 2.45) is 0 Å². The van der Waals surface area contributed by atoms with Crippen LogP contribution in [0.25, 0.3) is 0 Å². The van der Waals surface area contributed by atoms with Crippen LogP contribution in [-0.4, -0.2) is 6.29 Å². The molecule has 0 amide bonds. The first-order valence-corrected chi connectivity index (χ1v) is 6.35. The summed E-state index contributed by atoms with van der Waals surface area (Å²) >= 11 is 7.36. The van der Waals surface area contributed by atoms with Crippen molar-refractivity contribution in [2.45, 2.75) is 9.79 Å². The van der Waals surface area contributed by atoms with E-state index < -0.39 is 0 Å². The van der Waals surface area contributed by atoms with Crippen LogP contribution in [0.3, 0.4) is 0 Å². The molecule has 2 rings (SSSR count). The quantitative estimate of drug-likeness (QED) is 0.788. The number of hydrogen-bond donors (Lipinski definition) is 0. The molecule has 88 valence electrons. The summed E-state index contributed by atoms with van der Waals surface area (Å²) in [6.45, 7) is 0. The second-order valence-electron chi connectivity index (χ2n) is 3.54. The minimum Gasteiger partial charge on any atom is -0.298 e. The number of aldehydes is 1. The first-order valence-electron chi connectivity index (χ1n) is 5.15. The normalized spacial score (nSPS) is 9.78.